The minimum atomic E-state index is -0.656. The van der Waals surface area contributed by atoms with E-state index in [4.69, 9.17) is 4.98 Å². The van der Waals surface area contributed by atoms with Gasteiger partial charge in [0.25, 0.3) is 11.8 Å². The molecule has 2 fully saturated rings. The van der Waals surface area contributed by atoms with Crippen LogP contribution in [0.4, 0.5) is 28.8 Å². The second kappa shape index (κ2) is 25.6. The van der Waals surface area contributed by atoms with Crippen molar-refractivity contribution in [1.29, 1.82) is 0 Å². The van der Waals surface area contributed by atoms with Crippen molar-refractivity contribution in [3.8, 4) is 10.4 Å². The van der Waals surface area contributed by atoms with Crippen molar-refractivity contribution < 1.29 is 24.3 Å². The van der Waals surface area contributed by atoms with Gasteiger partial charge in [0.2, 0.25) is 11.9 Å². The van der Waals surface area contributed by atoms with Gasteiger partial charge in [0, 0.05) is 74.3 Å². The maximum Gasteiger partial charge on any atom is 0.260 e. The fraction of sp³-hybridized carbons (Fsp3) is 0.492. The number of likely N-dealkylation sites (tertiary alicyclic amines) is 1. The van der Waals surface area contributed by atoms with Gasteiger partial charge in [0.15, 0.2) is 5.82 Å². The van der Waals surface area contributed by atoms with Crippen molar-refractivity contribution in [3.63, 3.8) is 0 Å². The molecule has 3 aromatic carbocycles. The number of thiazole rings is 1. The third-order valence-corrected chi connectivity index (χ3v) is 16.6. The number of para-hydroxylation sites is 1. The van der Waals surface area contributed by atoms with E-state index in [-0.39, 0.29) is 54.6 Å². The Morgan fingerprint density at radius 3 is 2.21 bits per heavy atom. The number of ketones is 1. The maximum atomic E-state index is 14.3. The molecule has 4 N–H and O–H groups in total. The summed E-state index contributed by atoms with van der Waals surface area (Å²) in [5.41, 5.74) is 8.90. The Hall–Kier alpha value is -6.45. The molecule has 2 aliphatic heterocycles. The molecule has 1 aliphatic carbocycles. The van der Waals surface area contributed by atoms with Crippen molar-refractivity contribution in [2.45, 2.75) is 162 Å². The Kier molecular flexibility index (Phi) is 18.8. The van der Waals surface area contributed by atoms with Gasteiger partial charge in [-0.2, -0.15) is 4.98 Å². The van der Waals surface area contributed by atoms with Gasteiger partial charge in [0.1, 0.15) is 11.5 Å². The van der Waals surface area contributed by atoms with Crippen molar-refractivity contribution in [2.75, 3.05) is 35.3 Å². The highest BCUT2D eigenvalue weighted by atomic mass is 32.1. The van der Waals surface area contributed by atoms with E-state index >= 15 is 0 Å². The number of carbonyl (C=O) groups is 4. The molecule has 3 aliphatic rings. The normalized spacial score (nSPS) is 17.5. The number of unbranched alkanes of at least 4 members (excludes halogenated alkanes) is 8. The molecule has 0 unspecified atom stereocenters. The second-order valence-electron chi connectivity index (χ2n) is 22.3. The highest BCUT2D eigenvalue weighted by Gasteiger charge is 2.43. The van der Waals surface area contributed by atoms with E-state index < -0.39 is 17.4 Å². The smallest absolute Gasteiger partial charge is 0.260 e. The van der Waals surface area contributed by atoms with Crippen LogP contribution in [0, 0.1) is 18.3 Å². The fourth-order valence-electron chi connectivity index (χ4n) is 11.1. The number of amides is 3. The van der Waals surface area contributed by atoms with Crippen LogP contribution >= 0.6 is 11.3 Å². The van der Waals surface area contributed by atoms with Gasteiger partial charge in [-0.1, -0.05) is 122 Å². The van der Waals surface area contributed by atoms with Crippen LogP contribution in [-0.4, -0.2) is 86.8 Å². The largest absolute Gasteiger partial charge is 0.391 e. The maximum absolute atomic E-state index is 14.3. The number of hydrogen-bond donors (Lipinski definition) is 4. The number of β-amino-alcohol motifs (C(OH)–C–C–N with tert-alkyl or cyclic N) is 1. The summed E-state index contributed by atoms with van der Waals surface area (Å²) in [7, 11) is 1.77. The van der Waals surface area contributed by atoms with Gasteiger partial charge in [-0.15, -0.1) is 11.3 Å². The van der Waals surface area contributed by atoms with Crippen LogP contribution in [0.25, 0.3) is 10.4 Å². The molecule has 14 nitrogen and oxygen atoms in total. The van der Waals surface area contributed by atoms with Crippen molar-refractivity contribution in [1.82, 2.24) is 30.5 Å². The van der Waals surface area contributed by atoms with E-state index in [1.165, 1.54) is 0 Å². The zero-order valence-electron chi connectivity index (χ0n) is 45.6. The second-order valence-corrected chi connectivity index (χ2v) is 23.2. The number of rotatable bonds is 24. The first-order chi connectivity index (χ1) is 36.6. The first-order valence-corrected chi connectivity index (χ1v) is 28.6. The summed E-state index contributed by atoms with van der Waals surface area (Å²) in [5.74, 6) is 0.466. The highest BCUT2D eigenvalue weighted by Crippen LogP contribution is 2.44. The number of anilines is 5. The zero-order valence-corrected chi connectivity index (χ0v) is 46.4. The number of nitrogens with one attached hydrogen (secondary N) is 3. The van der Waals surface area contributed by atoms with E-state index in [1.54, 1.807) is 46.5 Å². The summed E-state index contributed by atoms with van der Waals surface area (Å²) in [5, 5.41) is 20.7. The van der Waals surface area contributed by atoms with Crippen LogP contribution in [0.1, 0.15) is 168 Å². The van der Waals surface area contributed by atoms with Crippen molar-refractivity contribution in [3.05, 3.63) is 119 Å². The summed E-state index contributed by atoms with van der Waals surface area (Å²) >= 11 is 1.63. The third-order valence-electron chi connectivity index (χ3n) is 15.6. The lowest BCUT2D eigenvalue weighted by Crippen LogP contribution is -2.47. The lowest BCUT2D eigenvalue weighted by atomic mass is 9.76. The predicted octanol–water partition coefficient (Wildman–Crippen LogP) is 12.4. The van der Waals surface area contributed by atoms with E-state index in [2.05, 4.69) is 68.6 Å². The molecular formula is C61H79N9O5S. The SMILES string of the molecule is C=C(N[C@@H](C)c1ccc(-c2scnc2C)cc1)[C@@H]1C[C@@H](O)CN1C(=O)[C@@H](CC(=O)CCCCCCCCCCCNC(=O)c1ccc(Nc2ncc3c(n2)N(C2CCCC2)c2ccccc2C(=O)N3C)cc1)C(C)(C)C. The molecule has 4 atom stereocenters. The average Bonchev–Trinajstić information content (AvgIpc) is 4.20. The van der Waals surface area contributed by atoms with Crippen LogP contribution in [0.2, 0.25) is 0 Å². The minimum Gasteiger partial charge on any atom is -0.391 e. The van der Waals surface area contributed by atoms with E-state index in [9.17, 15) is 24.3 Å². The van der Waals surface area contributed by atoms with E-state index in [1.807, 2.05) is 69.6 Å². The van der Waals surface area contributed by atoms with Crippen LogP contribution in [0.15, 0.2) is 96.8 Å². The summed E-state index contributed by atoms with van der Waals surface area (Å²) in [6, 6.07) is 23.3. The number of aromatic nitrogens is 3. The first-order valence-electron chi connectivity index (χ1n) is 27.7. The molecule has 1 saturated heterocycles. The lowest BCUT2D eigenvalue weighted by molar-refractivity contribution is -0.142. The Morgan fingerprint density at radius 1 is 0.868 bits per heavy atom. The van der Waals surface area contributed by atoms with E-state index in [0.29, 0.717) is 53.7 Å². The molecule has 0 radical (unpaired) electrons. The highest BCUT2D eigenvalue weighted by molar-refractivity contribution is 7.13. The Labute approximate surface area is 454 Å². The Balaban J connectivity index is 0.698. The molecule has 76 heavy (non-hydrogen) atoms. The molecule has 8 rings (SSSR count). The number of aliphatic hydroxyl groups is 1. The van der Waals surface area contributed by atoms with Crippen LogP contribution in [0.5, 0.6) is 0 Å². The lowest BCUT2D eigenvalue weighted by Gasteiger charge is -2.36. The van der Waals surface area contributed by atoms with Crippen molar-refractivity contribution in [2.24, 2.45) is 11.3 Å². The summed E-state index contributed by atoms with van der Waals surface area (Å²) in [4.78, 5) is 75.0. The van der Waals surface area contributed by atoms with Crippen LogP contribution in [0.3, 0.4) is 0 Å². The Morgan fingerprint density at radius 2 is 1.54 bits per heavy atom. The molecule has 15 heteroatoms. The predicted molar refractivity (Wildman–Crippen MR) is 306 cm³/mol. The third kappa shape index (κ3) is 13.7. The molecular weight excluding hydrogens is 971 g/mol. The minimum absolute atomic E-state index is 0.0595. The van der Waals surface area contributed by atoms with E-state index in [0.717, 1.165) is 117 Å². The molecule has 1 saturated carbocycles. The standard InChI is InChI=1S/C61H79N9O5S/c1-40(43-26-28-44(29-27-43)55-42(3)64-39-76-55)65-41(2)53-36-49(72)38-69(53)59(75)51(61(4,5)6)35-48(71)23-15-13-11-9-8-10-12-14-20-34-62-57(73)45-30-32-46(33-31-45)66-60-63-37-54-56(67-60)70(47-21-16-17-22-47)52-25-19-18-24-50(52)58(74)68(54)7/h18-19,24-33,37,39-40,47,49,51,53,65,72H,2,8-17,20-23,34-36,38H2,1,3-7H3,(H,62,73)(H,63,66,67)/t40-,49+,51+,53-/m0/s1. The first kappa shape index (κ1) is 55.8. The van der Waals surface area contributed by atoms with Gasteiger partial charge < -0.3 is 35.8 Å². The number of fused-ring (bicyclic) bond motifs is 2. The molecule has 4 heterocycles. The monoisotopic (exact) mass is 1050 g/mol. The van der Waals surface area contributed by atoms with Crippen molar-refractivity contribution >= 4 is 63.7 Å². The van der Waals surface area contributed by atoms with Gasteiger partial charge in [-0.3, -0.25) is 19.2 Å². The number of nitrogens with zero attached hydrogens (tertiary/aromatic N) is 6. The molecule has 0 spiro atoms. The number of benzene rings is 3. The average molecular weight is 1050 g/mol. The fourth-order valence-corrected chi connectivity index (χ4v) is 11.9. The zero-order chi connectivity index (χ0) is 53.9. The molecule has 5 aromatic rings. The van der Waals surface area contributed by atoms with Gasteiger partial charge in [-0.05, 0) is 92.5 Å². The number of carbonyl (C=O) groups excluding carboxylic acids is 4. The molecule has 404 valence electrons. The van der Waals surface area contributed by atoms with Crippen LogP contribution < -0.4 is 25.8 Å². The topological polar surface area (TPSA) is 173 Å². The van der Waals surface area contributed by atoms with Gasteiger partial charge >= 0.3 is 0 Å². The summed E-state index contributed by atoms with van der Waals surface area (Å²) in [6.45, 7) is 15.3. The summed E-state index contributed by atoms with van der Waals surface area (Å²) in [6.07, 6.45) is 15.8. The number of hydrogen-bond acceptors (Lipinski definition) is 12. The van der Waals surface area contributed by atoms with Crippen LogP contribution in [-0.2, 0) is 9.59 Å². The quantitative estimate of drug-likeness (QED) is 0.0433. The molecule has 2 aromatic heterocycles. The number of aryl methyl sites for hydroxylation is 1. The molecule has 3 amide bonds. The number of Topliss-reactive ketones (excluding diaryl/α,β-unsaturated/α-hetero) is 1. The Bertz CT molecular complexity index is 2800. The van der Waals surface area contributed by atoms with Gasteiger partial charge in [0.05, 0.1) is 45.7 Å². The summed E-state index contributed by atoms with van der Waals surface area (Å²) < 4.78 is 0. The number of aliphatic hydroxyl groups excluding tert-OH is 1. The molecule has 0 bridgehead atoms. The van der Waals surface area contributed by atoms with Gasteiger partial charge in [-0.25, -0.2) is 9.97 Å².